The number of fused-ring (bicyclic) bond motifs is 4. The lowest BCUT2D eigenvalue weighted by Gasteiger charge is -2.42. The van der Waals surface area contributed by atoms with Crippen molar-refractivity contribution in [3.05, 3.63) is 64.1 Å². The Bertz CT molecular complexity index is 871. The maximum absolute atomic E-state index is 13.0. The molecule has 2 aliphatic heterocycles. The summed E-state index contributed by atoms with van der Waals surface area (Å²) >= 11 is 0. The summed E-state index contributed by atoms with van der Waals surface area (Å²) < 4.78 is 1.90. The maximum Gasteiger partial charge on any atom is 0.253 e. The molecule has 130 valence electrons. The van der Waals surface area contributed by atoms with Gasteiger partial charge in [0.1, 0.15) is 0 Å². The molecular weight excluding hydrogens is 314 g/mol. The van der Waals surface area contributed by atoms with Crippen LogP contribution in [-0.4, -0.2) is 42.6 Å². The van der Waals surface area contributed by atoms with Crippen molar-refractivity contribution in [2.45, 2.75) is 18.9 Å². The Morgan fingerprint density at radius 1 is 1.08 bits per heavy atom. The molecule has 0 saturated carbocycles. The number of anilines is 1. The van der Waals surface area contributed by atoms with Gasteiger partial charge in [-0.1, -0.05) is 12.1 Å². The minimum absolute atomic E-state index is 0.0747. The molecule has 1 aromatic heterocycles. The summed E-state index contributed by atoms with van der Waals surface area (Å²) in [6.07, 6.45) is 1.06. The summed E-state index contributed by atoms with van der Waals surface area (Å²) in [5.41, 5.74) is 2.91. The van der Waals surface area contributed by atoms with Gasteiger partial charge in [0.15, 0.2) is 0 Å². The third kappa shape index (κ3) is 2.84. The highest BCUT2D eigenvalue weighted by atomic mass is 16.2. The zero-order chi connectivity index (χ0) is 17.6. The van der Waals surface area contributed by atoms with E-state index in [1.807, 2.05) is 64.9 Å². The lowest BCUT2D eigenvalue weighted by atomic mass is 9.83. The Hall–Kier alpha value is -2.56. The van der Waals surface area contributed by atoms with Crippen LogP contribution in [0.25, 0.3) is 0 Å². The maximum atomic E-state index is 13.0. The van der Waals surface area contributed by atoms with E-state index < -0.39 is 0 Å². The first-order valence-electron chi connectivity index (χ1n) is 8.79. The molecular formula is C20H23N3O2. The molecule has 0 aliphatic carbocycles. The van der Waals surface area contributed by atoms with Crippen LogP contribution in [0.2, 0.25) is 0 Å². The van der Waals surface area contributed by atoms with Crippen LogP contribution in [0.4, 0.5) is 5.69 Å². The molecule has 1 aromatic carbocycles. The molecule has 3 heterocycles. The lowest BCUT2D eigenvalue weighted by molar-refractivity contribution is 0.0594. The zero-order valence-electron chi connectivity index (χ0n) is 14.7. The number of benzene rings is 1. The number of nitrogens with zero attached hydrogens (tertiary/aromatic N) is 3. The molecule has 2 bridgehead atoms. The molecule has 5 nitrogen and oxygen atoms in total. The van der Waals surface area contributed by atoms with Gasteiger partial charge < -0.3 is 14.4 Å². The van der Waals surface area contributed by atoms with E-state index in [4.69, 9.17) is 0 Å². The fourth-order valence-electron chi connectivity index (χ4n) is 4.16. The minimum Gasteiger partial charge on any atom is -0.378 e. The monoisotopic (exact) mass is 337 g/mol. The molecule has 25 heavy (non-hydrogen) atoms. The van der Waals surface area contributed by atoms with Gasteiger partial charge in [0, 0.05) is 62.7 Å². The Balaban J connectivity index is 1.61. The van der Waals surface area contributed by atoms with E-state index in [9.17, 15) is 9.59 Å². The molecule has 1 amide bonds. The number of likely N-dealkylation sites (tertiary alicyclic amines) is 1. The lowest BCUT2D eigenvalue weighted by Crippen LogP contribution is -2.49. The number of aromatic nitrogens is 1. The van der Waals surface area contributed by atoms with Crippen molar-refractivity contribution in [1.82, 2.24) is 9.47 Å². The molecule has 0 spiro atoms. The van der Waals surface area contributed by atoms with E-state index in [-0.39, 0.29) is 17.4 Å². The molecule has 1 fully saturated rings. The fourth-order valence-corrected chi connectivity index (χ4v) is 4.16. The average Bonchev–Trinajstić information content (AvgIpc) is 2.62. The number of hydrogen-bond donors (Lipinski definition) is 0. The van der Waals surface area contributed by atoms with E-state index in [0.717, 1.165) is 29.9 Å². The van der Waals surface area contributed by atoms with E-state index in [2.05, 4.69) is 0 Å². The molecule has 0 N–H and O–H groups in total. The number of pyridine rings is 1. The number of carbonyl (C=O) groups is 1. The van der Waals surface area contributed by atoms with Crippen LogP contribution in [0.15, 0.2) is 47.3 Å². The first-order chi connectivity index (χ1) is 12.0. The van der Waals surface area contributed by atoms with Crippen molar-refractivity contribution in [1.29, 1.82) is 0 Å². The quantitative estimate of drug-likeness (QED) is 0.844. The molecule has 1 saturated heterocycles. The zero-order valence-corrected chi connectivity index (χ0v) is 14.7. The van der Waals surface area contributed by atoms with Crippen molar-refractivity contribution in [2.24, 2.45) is 5.92 Å². The Morgan fingerprint density at radius 2 is 1.88 bits per heavy atom. The van der Waals surface area contributed by atoms with Gasteiger partial charge in [-0.2, -0.15) is 0 Å². The number of piperidine rings is 1. The first kappa shape index (κ1) is 15.9. The van der Waals surface area contributed by atoms with Crippen LogP contribution < -0.4 is 10.5 Å². The SMILES string of the molecule is CN(C)c1cccc(C(=O)N2CC3CC(C2)c2cccc(=O)n2C3)c1. The highest BCUT2D eigenvalue weighted by Gasteiger charge is 2.36. The van der Waals surface area contributed by atoms with E-state index in [1.54, 1.807) is 6.07 Å². The van der Waals surface area contributed by atoms with Gasteiger partial charge in [-0.05, 0) is 36.6 Å². The Labute approximate surface area is 147 Å². The molecule has 5 heteroatoms. The standard InChI is InChI=1S/C20H23N3O2/c1-21(2)17-6-3-5-15(10-17)20(25)22-11-14-9-16(13-22)18-7-4-8-19(24)23(18)12-14/h3-8,10,14,16H,9,11-13H2,1-2H3. The van der Waals surface area contributed by atoms with Gasteiger partial charge in [0.2, 0.25) is 0 Å². The smallest absolute Gasteiger partial charge is 0.253 e. The summed E-state index contributed by atoms with van der Waals surface area (Å²) in [5, 5.41) is 0. The topological polar surface area (TPSA) is 45.6 Å². The van der Waals surface area contributed by atoms with Gasteiger partial charge >= 0.3 is 0 Å². The van der Waals surface area contributed by atoms with Gasteiger partial charge in [-0.25, -0.2) is 0 Å². The molecule has 2 atom stereocenters. The number of carbonyl (C=O) groups excluding carboxylic acids is 1. The number of amides is 1. The third-order valence-corrected chi connectivity index (χ3v) is 5.38. The van der Waals surface area contributed by atoms with Crippen LogP contribution in [0.1, 0.15) is 28.4 Å². The second-order valence-corrected chi connectivity index (χ2v) is 7.35. The van der Waals surface area contributed by atoms with E-state index in [0.29, 0.717) is 19.0 Å². The second kappa shape index (κ2) is 6.06. The van der Waals surface area contributed by atoms with Gasteiger partial charge in [-0.3, -0.25) is 9.59 Å². The molecule has 2 aromatic rings. The van der Waals surface area contributed by atoms with Crippen molar-refractivity contribution in [2.75, 3.05) is 32.1 Å². The first-order valence-corrected chi connectivity index (χ1v) is 8.79. The summed E-state index contributed by atoms with van der Waals surface area (Å²) in [6.45, 7) is 2.13. The predicted molar refractivity (Wildman–Crippen MR) is 98.2 cm³/mol. The number of hydrogen-bond acceptors (Lipinski definition) is 3. The minimum atomic E-state index is 0.0747. The summed E-state index contributed by atoms with van der Waals surface area (Å²) in [4.78, 5) is 29.1. The highest BCUT2D eigenvalue weighted by molar-refractivity contribution is 5.95. The normalized spacial score (nSPS) is 21.6. The highest BCUT2D eigenvalue weighted by Crippen LogP contribution is 2.35. The summed E-state index contributed by atoms with van der Waals surface area (Å²) in [5.74, 6) is 0.694. The van der Waals surface area contributed by atoms with Crippen molar-refractivity contribution in [3.63, 3.8) is 0 Å². The predicted octanol–water partition coefficient (Wildman–Crippen LogP) is 2.17. The average molecular weight is 337 g/mol. The van der Waals surface area contributed by atoms with E-state index in [1.165, 1.54) is 0 Å². The van der Waals surface area contributed by atoms with Gasteiger partial charge in [-0.15, -0.1) is 0 Å². The summed E-state index contributed by atoms with van der Waals surface area (Å²) in [7, 11) is 3.95. The van der Waals surface area contributed by atoms with Gasteiger partial charge in [0.25, 0.3) is 11.5 Å². The molecule has 2 aliphatic rings. The van der Waals surface area contributed by atoms with E-state index >= 15 is 0 Å². The van der Waals surface area contributed by atoms with Crippen molar-refractivity contribution >= 4 is 11.6 Å². The largest absolute Gasteiger partial charge is 0.378 e. The van der Waals surface area contributed by atoms with Crippen LogP contribution in [-0.2, 0) is 6.54 Å². The van der Waals surface area contributed by atoms with Crippen LogP contribution >= 0.6 is 0 Å². The second-order valence-electron chi connectivity index (χ2n) is 7.35. The molecule has 0 radical (unpaired) electrons. The van der Waals surface area contributed by atoms with Crippen LogP contribution in [0.5, 0.6) is 0 Å². The third-order valence-electron chi connectivity index (χ3n) is 5.38. The molecule has 2 unspecified atom stereocenters. The van der Waals surface area contributed by atoms with Crippen molar-refractivity contribution < 1.29 is 4.79 Å². The van der Waals surface area contributed by atoms with Gasteiger partial charge in [0.05, 0.1) is 0 Å². The summed E-state index contributed by atoms with van der Waals surface area (Å²) in [6, 6.07) is 13.3. The van der Waals surface area contributed by atoms with Crippen molar-refractivity contribution in [3.8, 4) is 0 Å². The fraction of sp³-hybridized carbons (Fsp3) is 0.400. The van der Waals surface area contributed by atoms with Crippen LogP contribution in [0.3, 0.4) is 0 Å². The molecule has 4 rings (SSSR count). The Morgan fingerprint density at radius 3 is 2.68 bits per heavy atom. The number of rotatable bonds is 2. The Kier molecular flexibility index (Phi) is 3.86. The van der Waals surface area contributed by atoms with Crippen LogP contribution in [0, 0.1) is 5.92 Å².